The van der Waals surface area contributed by atoms with E-state index in [1.54, 1.807) is 7.11 Å². The minimum absolute atomic E-state index is 0.0260. The van der Waals surface area contributed by atoms with Crippen LogP contribution in [0.4, 0.5) is 0 Å². The van der Waals surface area contributed by atoms with Gasteiger partial charge in [0.2, 0.25) is 0 Å². The third kappa shape index (κ3) is 7.40. The summed E-state index contributed by atoms with van der Waals surface area (Å²) in [6.07, 6.45) is 3.00. The molecule has 0 aliphatic carbocycles. The Morgan fingerprint density at radius 2 is 1.70 bits per heavy atom. The number of nitrogens with zero attached hydrogens (tertiary/aromatic N) is 3. The number of fused-ring (bicyclic) bond motifs is 1. The molecule has 0 unspecified atom stereocenters. The van der Waals surface area contributed by atoms with E-state index in [9.17, 15) is 4.79 Å². The minimum atomic E-state index is -0.0260. The topological polar surface area (TPSA) is 59.0 Å². The number of ether oxygens (including phenoxy) is 2. The van der Waals surface area contributed by atoms with Crippen molar-refractivity contribution in [3.8, 4) is 11.5 Å². The van der Waals surface area contributed by atoms with E-state index < -0.39 is 0 Å². The number of methoxy groups -OCH3 is 1. The second-order valence-corrected chi connectivity index (χ2v) is 10.5. The molecular weight excluding hydrogens is 488 g/mol. The number of hydrogen-bond donors (Lipinski definition) is 1. The van der Waals surface area contributed by atoms with Gasteiger partial charge < -0.3 is 24.3 Å². The number of halogens is 1. The van der Waals surface area contributed by atoms with Crippen molar-refractivity contribution in [1.82, 2.24) is 19.7 Å². The molecule has 4 rings (SSSR count). The highest BCUT2D eigenvalue weighted by molar-refractivity contribution is 6.30. The van der Waals surface area contributed by atoms with Crippen molar-refractivity contribution in [3.05, 3.63) is 59.2 Å². The van der Waals surface area contributed by atoms with Gasteiger partial charge in [-0.15, -0.1) is 0 Å². The quantitative estimate of drug-likeness (QED) is 0.368. The van der Waals surface area contributed by atoms with Crippen LogP contribution in [0.3, 0.4) is 0 Å². The highest BCUT2D eigenvalue weighted by Crippen LogP contribution is 2.30. The van der Waals surface area contributed by atoms with Gasteiger partial charge in [0.25, 0.3) is 5.91 Å². The number of nitrogens with one attached hydrogen (secondary N) is 1. The van der Waals surface area contributed by atoms with Gasteiger partial charge in [0.1, 0.15) is 18.1 Å². The Kier molecular flexibility index (Phi) is 9.72. The van der Waals surface area contributed by atoms with Crippen molar-refractivity contribution >= 4 is 28.4 Å². The smallest absolute Gasteiger partial charge is 0.253 e. The molecule has 1 N–H and O–H groups in total. The van der Waals surface area contributed by atoms with E-state index in [0.29, 0.717) is 24.6 Å². The Labute approximate surface area is 225 Å². The minimum Gasteiger partial charge on any atom is -0.495 e. The van der Waals surface area contributed by atoms with Crippen LogP contribution >= 0.6 is 11.6 Å². The molecule has 1 fully saturated rings. The van der Waals surface area contributed by atoms with Gasteiger partial charge in [-0.05, 0) is 49.2 Å². The van der Waals surface area contributed by atoms with Crippen LogP contribution in [0.5, 0.6) is 11.5 Å². The molecule has 7 nitrogen and oxygen atoms in total. The first-order valence-corrected chi connectivity index (χ1v) is 13.6. The lowest BCUT2D eigenvalue weighted by molar-refractivity contribution is 0.0950. The van der Waals surface area contributed by atoms with E-state index in [-0.39, 0.29) is 5.91 Å². The molecule has 1 amide bonds. The average molecular weight is 527 g/mol. The molecule has 0 radical (unpaired) electrons. The summed E-state index contributed by atoms with van der Waals surface area (Å²) in [6.45, 7) is 12.5. The van der Waals surface area contributed by atoms with Crippen LogP contribution in [0.15, 0.2) is 48.7 Å². The number of hydrogen-bond acceptors (Lipinski definition) is 5. The summed E-state index contributed by atoms with van der Waals surface area (Å²) in [5.41, 5.74) is 1.70. The molecule has 1 aliphatic heterocycles. The summed E-state index contributed by atoms with van der Waals surface area (Å²) in [6, 6.07) is 13.4. The summed E-state index contributed by atoms with van der Waals surface area (Å²) < 4.78 is 13.7. The van der Waals surface area contributed by atoms with E-state index >= 15 is 0 Å². The van der Waals surface area contributed by atoms with E-state index in [1.807, 2.05) is 48.7 Å². The molecule has 0 atom stereocenters. The van der Waals surface area contributed by atoms with E-state index in [0.717, 1.165) is 79.7 Å². The number of carbonyl (C=O) groups excluding carboxylic acids is 1. The number of para-hydroxylation sites is 1. The van der Waals surface area contributed by atoms with Gasteiger partial charge in [-0.25, -0.2) is 0 Å². The highest BCUT2D eigenvalue weighted by Gasteiger charge is 2.19. The number of rotatable bonds is 12. The van der Waals surface area contributed by atoms with Gasteiger partial charge in [0.15, 0.2) is 0 Å². The van der Waals surface area contributed by atoms with Gasteiger partial charge in [-0.3, -0.25) is 9.69 Å². The zero-order valence-corrected chi connectivity index (χ0v) is 23.0. The first-order valence-electron chi connectivity index (χ1n) is 13.2. The standard InChI is InChI=1S/C29H39ClN4O3/c1-22(2)20-31-29(35)26-21-34(28-25(26)6-4-7-27(28)36-3)13-5-12-32-14-16-33(17-15-32)18-19-37-24-10-8-23(30)9-11-24/h4,6-11,21-22H,5,12-20H2,1-3H3,(H,31,35). The summed E-state index contributed by atoms with van der Waals surface area (Å²) in [4.78, 5) is 17.9. The lowest BCUT2D eigenvalue weighted by Gasteiger charge is -2.34. The van der Waals surface area contributed by atoms with Crippen molar-refractivity contribution in [2.24, 2.45) is 5.92 Å². The molecule has 200 valence electrons. The van der Waals surface area contributed by atoms with E-state index in [4.69, 9.17) is 21.1 Å². The summed E-state index contributed by atoms with van der Waals surface area (Å²) in [5, 5.41) is 4.72. The largest absolute Gasteiger partial charge is 0.495 e. The Bertz CT molecular complexity index is 1150. The van der Waals surface area contributed by atoms with Crippen LogP contribution in [-0.2, 0) is 6.54 Å². The van der Waals surface area contributed by atoms with Crippen molar-refractivity contribution < 1.29 is 14.3 Å². The summed E-state index contributed by atoms with van der Waals surface area (Å²) >= 11 is 5.93. The average Bonchev–Trinajstić information content (AvgIpc) is 3.28. The first-order chi connectivity index (χ1) is 17.9. The number of aryl methyl sites for hydroxylation is 1. The SMILES string of the molecule is COc1cccc2c(C(=O)NCC(C)C)cn(CCCN3CCN(CCOc4ccc(Cl)cc4)CC3)c12. The second kappa shape index (κ2) is 13.2. The fraction of sp³-hybridized carbons (Fsp3) is 0.483. The van der Waals surface area contributed by atoms with Gasteiger partial charge in [-0.2, -0.15) is 0 Å². The number of piperazine rings is 1. The molecule has 1 saturated heterocycles. The first kappa shape index (κ1) is 27.3. The van der Waals surface area contributed by atoms with Crippen molar-refractivity contribution in [1.29, 1.82) is 0 Å². The number of carbonyl (C=O) groups is 1. The lowest BCUT2D eigenvalue weighted by atomic mass is 10.1. The fourth-order valence-electron chi connectivity index (χ4n) is 4.76. The molecule has 37 heavy (non-hydrogen) atoms. The van der Waals surface area contributed by atoms with Crippen LogP contribution < -0.4 is 14.8 Å². The van der Waals surface area contributed by atoms with Crippen LogP contribution in [0.1, 0.15) is 30.6 Å². The van der Waals surface area contributed by atoms with Gasteiger partial charge >= 0.3 is 0 Å². The van der Waals surface area contributed by atoms with Crippen LogP contribution in [-0.4, -0.2) is 79.8 Å². The molecular formula is C29H39ClN4O3. The number of benzene rings is 2. The normalized spacial score (nSPS) is 14.8. The summed E-state index contributed by atoms with van der Waals surface area (Å²) in [5.74, 6) is 2.04. The van der Waals surface area contributed by atoms with Gasteiger partial charge in [0.05, 0.1) is 18.2 Å². The predicted octanol–water partition coefficient (Wildman–Crippen LogP) is 4.78. The summed E-state index contributed by atoms with van der Waals surface area (Å²) in [7, 11) is 1.69. The molecule has 3 aromatic rings. The zero-order valence-electron chi connectivity index (χ0n) is 22.2. The maximum absolute atomic E-state index is 12.9. The molecule has 0 bridgehead atoms. The Morgan fingerprint density at radius 3 is 2.38 bits per heavy atom. The highest BCUT2D eigenvalue weighted by atomic mass is 35.5. The van der Waals surface area contributed by atoms with Gasteiger partial charge in [-0.1, -0.05) is 37.6 Å². The van der Waals surface area contributed by atoms with Crippen LogP contribution in [0.2, 0.25) is 5.02 Å². The van der Waals surface area contributed by atoms with Crippen LogP contribution in [0, 0.1) is 5.92 Å². The Morgan fingerprint density at radius 1 is 1.00 bits per heavy atom. The maximum atomic E-state index is 12.9. The lowest BCUT2D eigenvalue weighted by Crippen LogP contribution is -2.47. The van der Waals surface area contributed by atoms with Crippen molar-refractivity contribution in [3.63, 3.8) is 0 Å². The number of amides is 1. The molecule has 1 aromatic heterocycles. The van der Waals surface area contributed by atoms with E-state index in [2.05, 4.69) is 33.5 Å². The van der Waals surface area contributed by atoms with Crippen molar-refractivity contribution in [2.45, 2.75) is 26.8 Å². The number of aromatic nitrogens is 1. The molecule has 0 saturated carbocycles. The maximum Gasteiger partial charge on any atom is 0.253 e. The molecule has 1 aliphatic rings. The fourth-order valence-corrected chi connectivity index (χ4v) is 4.89. The Balaban J connectivity index is 1.26. The molecule has 2 heterocycles. The zero-order chi connectivity index (χ0) is 26.2. The van der Waals surface area contributed by atoms with Crippen molar-refractivity contribution in [2.75, 3.05) is 59.5 Å². The molecule has 0 spiro atoms. The van der Waals surface area contributed by atoms with Crippen LogP contribution in [0.25, 0.3) is 10.9 Å². The Hall–Kier alpha value is -2.74. The predicted molar refractivity (Wildman–Crippen MR) is 150 cm³/mol. The molecule has 8 heteroatoms. The van der Waals surface area contributed by atoms with E-state index in [1.165, 1.54) is 0 Å². The monoisotopic (exact) mass is 526 g/mol. The second-order valence-electron chi connectivity index (χ2n) is 10.0. The third-order valence-electron chi connectivity index (χ3n) is 6.82. The molecule has 2 aromatic carbocycles. The van der Waals surface area contributed by atoms with Gasteiger partial charge in [0, 0.05) is 62.4 Å². The third-order valence-corrected chi connectivity index (χ3v) is 7.08.